The molecule has 2 heterocycles. The van der Waals surface area contributed by atoms with Crippen molar-refractivity contribution < 1.29 is 13.6 Å². The first-order valence-corrected chi connectivity index (χ1v) is 11.1. The van der Waals surface area contributed by atoms with Gasteiger partial charge < -0.3 is 9.32 Å². The Morgan fingerprint density at radius 1 is 1.03 bits per heavy atom. The lowest BCUT2D eigenvalue weighted by Crippen LogP contribution is -2.36. The Bertz CT molecular complexity index is 1080. The first-order chi connectivity index (χ1) is 14.6. The standard InChI is InChI=1S/C25H27FN2O2/c1-16-14-18(9-11-20(16)26)19-10-12-23-21(15-19)27-24(30-23)22-8-5-13-28(22)25(29)17-6-3-2-4-7-17/h9-12,14-15,17,22H,2-8,13H2,1H3/t22-/m0/s1. The summed E-state index contributed by atoms with van der Waals surface area (Å²) in [5.74, 6) is 0.880. The van der Waals surface area contributed by atoms with Crippen molar-refractivity contribution in [2.24, 2.45) is 5.92 Å². The lowest BCUT2D eigenvalue weighted by atomic mass is 9.88. The van der Waals surface area contributed by atoms with E-state index in [9.17, 15) is 9.18 Å². The zero-order valence-electron chi connectivity index (χ0n) is 17.4. The van der Waals surface area contributed by atoms with Gasteiger partial charge in [0, 0.05) is 12.5 Å². The van der Waals surface area contributed by atoms with Gasteiger partial charge in [0.1, 0.15) is 17.4 Å². The number of fused-ring (bicyclic) bond motifs is 1. The molecular weight excluding hydrogens is 379 g/mol. The Morgan fingerprint density at radius 2 is 1.80 bits per heavy atom. The van der Waals surface area contributed by atoms with E-state index in [-0.39, 0.29) is 23.7 Å². The van der Waals surface area contributed by atoms with E-state index in [0.717, 1.165) is 67.3 Å². The number of hydrogen-bond donors (Lipinski definition) is 0. The third-order valence-electron chi connectivity index (χ3n) is 6.67. The second-order valence-electron chi connectivity index (χ2n) is 8.72. The lowest BCUT2D eigenvalue weighted by molar-refractivity contribution is -0.137. The molecule has 1 aliphatic heterocycles. The van der Waals surface area contributed by atoms with Gasteiger partial charge in [-0.15, -0.1) is 0 Å². The number of benzene rings is 2. The summed E-state index contributed by atoms with van der Waals surface area (Å²) in [4.78, 5) is 19.9. The maximum Gasteiger partial charge on any atom is 0.226 e. The van der Waals surface area contributed by atoms with Crippen LogP contribution in [0.2, 0.25) is 0 Å². The van der Waals surface area contributed by atoms with Crippen molar-refractivity contribution in [3.05, 3.63) is 53.7 Å². The van der Waals surface area contributed by atoms with Crippen LogP contribution in [0, 0.1) is 18.7 Å². The van der Waals surface area contributed by atoms with Crippen LogP contribution in [-0.4, -0.2) is 22.3 Å². The lowest BCUT2D eigenvalue weighted by Gasteiger charge is -2.29. The van der Waals surface area contributed by atoms with E-state index in [0.29, 0.717) is 11.5 Å². The number of oxazole rings is 1. The van der Waals surface area contributed by atoms with E-state index in [1.165, 1.54) is 12.5 Å². The largest absolute Gasteiger partial charge is 0.438 e. The molecule has 2 aliphatic rings. The summed E-state index contributed by atoms with van der Waals surface area (Å²) in [7, 11) is 0. The molecule has 0 radical (unpaired) electrons. The summed E-state index contributed by atoms with van der Waals surface area (Å²) in [6, 6.07) is 10.9. The van der Waals surface area contributed by atoms with E-state index >= 15 is 0 Å². The van der Waals surface area contributed by atoms with Gasteiger partial charge in [-0.25, -0.2) is 9.37 Å². The Labute approximate surface area is 176 Å². The molecule has 1 atom stereocenters. The van der Waals surface area contributed by atoms with Crippen molar-refractivity contribution in [3.8, 4) is 11.1 Å². The first-order valence-electron chi connectivity index (χ1n) is 11.1. The van der Waals surface area contributed by atoms with Gasteiger partial charge in [-0.3, -0.25) is 4.79 Å². The maximum atomic E-state index is 13.6. The van der Waals surface area contributed by atoms with Crippen LogP contribution in [0.1, 0.15) is 62.4 Å². The minimum absolute atomic E-state index is 0.0663. The molecule has 0 unspecified atom stereocenters. The van der Waals surface area contributed by atoms with E-state index in [1.54, 1.807) is 13.0 Å². The van der Waals surface area contributed by atoms with E-state index < -0.39 is 0 Å². The number of nitrogens with zero attached hydrogens (tertiary/aromatic N) is 2. The van der Waals surface area contributed by atoms with Crippen molar-refractivity contribution in [2.75, 3.05) is 6.54 Å². The van der Waals surface area contributed by atoms with Crippen LogP contribution in [0.15, 0.2) is 40.8 Å². The zero-order chi connectivity index (χ0) is 20.7. The summed E-state index contributed by atoms with van der Waals surface area (Å²) < 4.78 is 19.7. The molecule has 156 valence electrons. The van der Waals surface area contributed by atoms with Gasteiger partial charge in [-0.1, -0.05) is 31.4 Å². The van der Waals surface area contributed by atoms with Crippen molar-refractivity contribution >= 4 is 17.0 Å². The molecule has 1 saturated heterocycles. The Morgan fingerprint density at radius 3 is 2.60 bits per heavy atom. The second-order valence-corrected chi connectivity index (χ2v) is 8.72. The minimum Gasteiger partial charge on any atom is -0.438 e. The number of amides is 1. The molecule has 1 aromatic heterocycles. The molecule has 4 nitrogen and oxygen atoms in total. The predicted molar refractivity (Wildman–Crippen MR) is 114 cm³/mol. The van der Waals surface area contributed by atoms with Crippen molar-refractivity contribution in [3.63, 3.8) is 0 Å². The van der Waals surface area contributed by atoms with Gasteiger partial charge >= 0.3 is 0 Å². The Kier molecular flexibility index (Phi) is 5.05. The Hall–Kier alpha value is -2.69. The van der Waals surface area contributed by atoms with Gasteiger partial charge in [-0.2, -0.15) is 0 Å². The summed E-state index contributed by atoms with van der Waals surface area (Å²) in [5, 5.41) is 0. The molecule has 0 bridgehead atoms. The van der Waals surface area contributed by atoms with Gasteiger partial charge in [0.2, 0.25) is 11.8 Å². The second kappa shape index (κ2) is 7.86. The average molecular weight is 407 g/mol. The number of carbonyl (C=O) groups excluding carboxylic acids is 1. The number of rotatable bonds is 3. The fourth-order valence-electron chi connectivity index (χ4n) is 4.96. The average Bonchev–Trinajstić information content (AvgIpc) is 3.42. The highest BCUT2D eigenvalue weighted by atomic mass is 19.1. The van der Waals surface area contributed by atoms with Crippen LogP contribution in [0.25, 0.3) is 22.2 Å². The third-order valence-corrected chi connectivity index (χ3v) is 6.67. The molecule has 1 aliphatic carbocycles. The van der Waals surface area contributed by atoms with E-state index in [1.807, 2.05) is 29.2 Å². The van der Waals surface area contributed by atoms with Crippen LogP contribution in [-0.2, 0) is 4.79 Å². The molecule has 0 spiro atoms. The van der Waals surface area contributed by atoms with Gasteiger partial charge in [0.25, 0.3) is 0 Å². The number of aryl methyl sites for hydroxylation is 1. The fraction of sp³-hybridized carbons (Fsp3) is 0.440. The van der Waals surface area contributed by atoms with E-state index in [4.69, 9.17) is 9.40 Å². The highest BCUT2D eigenvalue weighted by molar-refractivity contribution is 5.81. The number of halogens is 1. The minimum atomic E-state index is -0.201. The van der Waals surface area contributed by atoms with Gasteiger partial charge in [-0.05, 0) is 73.6 Å². The number of carbonyl (C=O) groups is 1. The van der Waals surface area contributed by atoms with Gasteiger partial charge in [0.15, 0.2) is 5.58 Å². The van der Waals surface area contributed by atoms with Crippen molar-refractivity contribution in [1.82, 2.24) is 9.88 Å². The molecule has 2 fully saturated rings. The molecule has 5 heteroatoms. The Balaban J connectivity index is 1.42. The molecular formula is C25H27FN2O2. The fourth-order valence-corrected chi connectivity index (χ4v) is 4.96. The molecule has 30 heavy (non-hydrogen) atoms. The first kappa shape index (κ1) is 19.3. The smallest absolute Gasteiger partial charge is 0.226 e. The van der Waals surface area contributed by atoms with Crippen LogP contribution in [0.3, 0.4) is 0 Å². The number of hydrogen-bond acceptors (Lipinski definition) is 3. The number of aromatic nitrogens is 1. The zero-order valence-corrected chi connectivity index (χ0v) is 17.4. The van der Waals surface area contributed by atoms with Crippen LogP contribution < -0.4 is 0 Å². The molecule has 1 amide bonds. The molecule has 2 aromatic carbocycles. The molecule has 0 N–H and O–H groups in total. The van der Waals surface area contributed by atoms with Gasteiger partial charge in [0.05, 0.1) is 0 Å². The SMILES string of the molecule is Cc1cc(-c2ccc3oc([C@@H]4CCCN4C(=O)C4CCCCC4)nc3c2)ccc1F. The molecule has 1 saturated carbocycles. The van der Waals surface area contributed by atoms with E-state index in [2.05, 4.69) is 0 Å². The van der Waals surface area contributed by atoms with Crippen LogP contribution in [0.4, 0.5) is 4.39 Å². The van der Waals surface area contributed by atoms with Crippen LogP contribution in [0.5, 0.6) is 0 Å². The monoisotopic (exact) mass is 406 g/mol. The predicted octanol–water partition coefficient (Wildman–Crippen LogP) is 6.19. The highest BCUT2D eigenvalue weighted by Gasteiger charge is 2.36. The quantitative estimate of drug-likeness (QED) is 0.521. The normalized spacial score (nSPS) is 20.2. The van der Waals surface area contributed by atoms with Crippen molar-refractivity contribution in [1.29, 1.82) is 0 Å². The number of likely N-dealkylation sites (tertiary alicyclic amines) is 1. The van der Waals surface area contributed by atoms with Crippen molar-refractivity contribution in [2.45, 2.75) is 57.9 Å². The third kappa shape index (κ3) is 3.51. The molecule has 5 rings (SSSR count). The van der Waals surface area contributed by atoms with Crippen LogP contribution >= 0.6 is 0 Å². The highest BCUT2D eigenvalue weighted by Crippen LogP contribution is 2.37. The summed E-state index contributed by atoms with van der Waals surface area (Å²) >= 11 is 0. The summed E-state index contributed by atoms with van der Waals surface area (Å²) in [5.41, 5.74) is 4.06. The summed E-state index contributed by atoms with van der Waals surface area (Å²) in [6.07, 6.45) is 7.46. The maximum absolute atomic E-state index is 13.6. The summed E-state index contributed by atoms with van der Waals surface area (Å²) in [6.45, 7) is 2.56. The topological polar surface area (TPSA) is 46.3 Å². The molecule has 3 aromatic rings.